The molecule has 3 fully saturated rings. The highest BCUT2D eigenvalue weighted by Gasteiger charge is 2.68. The van der Waals surface area contributed by atoms with Crippen molar-refractivity contribution in [3.8, 4) is 11.5 Å². The van der Waals surface area contributed by atoms with Gasteiger partial charge in [-0.25, -0.2) is 0 Å². The van der Waals surface area contributed by atoms with E-state index < -0.39 is 34.4 Å². The van der Waals surface area contributed by atoms with E-state index in [1.54, 1.807) is 30.4 Å². The van der Waals surface area contributed by atoms with E-state index in [0.717, 1.165) is 0 Å². The maximum Gasteiger partial charge on any atom is 0.178 e. The smallest absolute Gasteiger partial charge is 0.178 e. The zero-order valence-electron chi connectivity index (χ0n) is 17.0. The van der Waals surface area contributed by atoms with Crippen LogP contribution in [0.3, 0.4) is 0 Å². The number of ketones is 2. The van der Waals surface area contributed by atoms with Gasteiger partial charge in [-0.1, -0.05) is 24.3 Å². The zero-order valence-corrected chi connectivity index (χ0v) is 17.0. The number of ether oxygens (including phenoxy) is 1. The SMILES string of the molecule is C\C=C/C=C/C(O)=C1\C(=O)[C@]2(C)C(=O)[C@@](C)(O)[C@H]1C[C@H]2c1ccc(O)c(OC)c1. The second-order valence-electron chi connectivity index (χ2n) is 7.96. The zero-order chi connectivity index (χ0) is 21.6. The predicted molar refractivity (Wildman–Crippen MR) is 108 cm³/mol. The molecule has 4 atom stereocenters. The number of phenolic OH excluding ortho intramolecular Hbond substituents is 1. The fraction of sp³-hybridized carbons (Fsp3) is 0.391. The summed E-state index contributed by atoms with van der Waals surface area (Å²) >= 11 is 0. The van der Waals surface area contributed by atoms with Crippen molar-refractivity contribution >= 4 is 11.6 Å². The molecule has 3 aliphatic rings. The van der Waals surface area contributed by atoms with E-state index in [4.69, 9.17) is 4.74 Å². The van der Waals surface area contributed by atoms with Gasteiger partial charge >= 0.3 is 0 Å². The van der Waals surface area contributed by atoms with Crippen molar-refractivity contribution in [3.05, 3.63) is 59.4 Å². The number of aromatic hydroxyl groups is 1. The number of Topliss-reactive ketones (excluding diaryl/α,β-unsaturated/α-hetero) is 2. The Labute approximate surface area is 169 Å². The fourth-order valence-electron chi connectivity index (χ4n) is 4.66. The molecule has 0 aliphatic heterocycles. The molecular weight excluding hydrogens is 372 g/mol. The van der Waals surface area contributed by atoms with Gasteiger partial charge in [0, 0.05) is 17.4 Å². The lowest BCUT2D eigenvalue weighted by atomic mass is 9.46. The van der Waals surface area contributed by atoms with Crippen molar-refractivity contribution in [2.45, 2.75) is 38.7 Å². The van der Waals surface area contributed by atoms with Crippen LogP contribution in [0.5, 0.6) is 11.5 Å². The minimum atomic E-state index is -1.77. The Morgan fingerprint density at radius 2 is 1.90 bits per heavy atom. The van der Waals surface area contributed by atoms with E-state index >= 15 is 0 Å². The molecule has 0 spiro atoms. The number of fused-ring (bicyclic) bond motifs is 3. The van der Waals surface area contributed by atoms with Crippen LogP contribution in [0.2, 0.25) is 0 Å². The van der Waals surface area contributed by atoms with Gasteiger partial charge in [0.25, 0.3) is 0 Å². The Morgan fingerprint density at radius 1 is 1.21 bits per heavy atom. The molecular formula is C23H26O6. The first-order valence-corrected chi connectivity index (χ1v) is 9.52. The molecule has 0 unspecified atom stereocenters. The Bertz CT molecular complexity index is 952. The topological polar surface area (TPSA) is 104 Å². The summed E-state index contributed by atoms with van der Waals surface area (Å²) in [4.78, 5) is 26.6. The van der Waals surface area contributed by atoms with Gasteiger partial charge in [0.1, 0.15) is 11.4 Å². The summed E-state index contributed by atoms with van der Waals surface area (Å²) in [6, 6.07) is 4.72. The summed E-state index contributed by atoms with van der Waals surface area (Å²) in [5.41, 5.74) is -2.57. The van der Waals surface area contributed by atoms with Crippen LogP contribution in [0.1, 0.15) is 38.7 Å². The Kier molecular flexibility index (Phi) is 5.17. The van der Waals surface area contributed by atoms with E-state index in [-0.39, 0.29) is 22.8 Å². The first kappa shape index (κ1) is 20.9. The molecule has 3 aliphatic carbocycles. The lowest BCUT2D eigenvalue weighted by Gasteiger charge is -2.55. The number of allylic oxidation sites excluding steroid dienone is 4. The van der Waals surface area contributed by atoms with Crippen molar-refractivity contribution < 1.29 is 29.6 Å². The van der Waals surface area contributed by atoms with Crippen LogP contribution < -0.4 is 4.74 Å². The van der Waals surface area contributed by atoms with Crippen molar-refractivity contribution in [2.24, 2.45) is 11.3 Å². The number of benzene rings is 1. The predicted octanol–water partition coefficient (Wildman–Crippen LogP) is 3.36. The maximum atomic E-state index is 13.4. The van der Waals surface area contributed by atoms with Crippen LogP contribution in [-0.4, -0.2) is 39.6 Å². The van der Waals surface area contributed by atoms with Crippen LogP contribution >= 0.6 is 0 Å². The van der Waals surface area contributed by atoms with Crippen LogP contribution in [0, 0.1) is 11.3 Å². The maximum absolute atomic E-state index is 13.4. The molecule has 0 heterocycles. The average Bonchev–Trinajstić information content (AvgIpc) is 2.68. The Morgan fingerprint density at radius 3 is 2.52 bits per heavy atom. The molecule has 154 valence electrons. The van der Waals surface area contributed by atoms with Crippen LogP contribution in [0.4, 0.5) is 0 Å². The minimum Gasteiger partial charge on any atom is -0.508 e. The first-order valence-electron chi connectivity index (χ1n) is 9.52. The van der Waals surface area contributed by atoms with Gasteiger partial charge in [-0.2, -0.15) is 0 Å². The summed E-state index contributed by atoms with van der Waals surface area (Å²) < 4.78 is 5.16. The molecule has 1 aromatic carbocycles. The first-order chi connectivity index (χ1) is 13.6. The molecule has 3 N–H and O–H groups in total. The summed E-state index contributed by atoms with van der Waals surface area (Å²) in [6.45, 7) is 4.75. The Hall–Kier alpha value is -2.86. The van der Waals surface area contributed by atoms with E-state index in [2.05, 4.69) is 0 Å². The number of carbonyl (C=O) groups excluding carboxylic acids is 2. The van der Waals surface area contributed by atoms with Gasteiger partial charge in [0.15, 0.2) is 23.1 Å². The molecule has 0 aromatic heterocycles. The number of rotatable bonds is 4. The summed E-state index contributed by atoms with van der Waals surface area (Å²) in [5.74, 6) is -2.44. The molecule has 1 aromatic rings. The van der Waals surface area contributed by atoms with Crippen molar-refractivity contribution in [1.82, 2.24) is 0 Å². The monoisotopic (exact) mass is 398 g/mol. The number of aliphatic hydroxyl groups excluding tert-OH is 1. The molecule has 0 radical (unpaired) electrons. The highest BCUT2D eigenvalue weighted by molar-refractivity contribution is 6.21. The van der Waals surface area contributed by atoms with E-state index in [1.807, 2.05) is 6.92 Å². The number of phenols is 1. The van der Waals surface area contributed by atoms with Crippen LogP contribution in [0.15, 0.2) is 53.8 Å². The number of hydrogen-bond acceptors (Lipinski definition) is 6. The molecule has 2 bridgehead atoms. The molecule has 0 saturated heterocycles. The summed E-state index contributed by atoms with van der Waals surface area (Å²) in [7, 11) is 1.42. The van der Waals surface area contributed by atoms with Crippen molar-refractivity contribution in [3.63, 3.8) is 0 Å². The largest absolute Gasteiger partial charge is 0.508 e. The fourth-order valence-corrected chi connectivity index (χ4v) is 4.66. The van der Waals surface area contributed by atoms with E-state index in [0.29, 0.717) is 12.0 Å². The second kappa shape index (κ2) is 7.19. The van der Waals surface area contributed by atoms with Gasteiger partial charge in [0.2, 0.25) is 0 Å². The molecule has 6 heteroatoms. The average molecular weight is 398 g/mol. The van der Waals surface area contributed by atoms with Gasteiger partial charge in [-0.05, 0) is 51.0 Å². The molecule has 6 nitrogen and oxygen atoms in total. The number of hydrogen-bond donors (Lipinski definition) is 3. The number of methoxy groups -OCH3 is 1. The third-order valence-electron chi connectivity index (χ3n) is 6.28. The van der Waals surface area contributed by atoms with E-state index in [1.165, 1.54) is 33.1 Å². The van der Waals surface area contributed by atoms with Gasteiger partial charge in [-0.3, -0.25) is 9.59 Å². The standard InChI is InChI=1S/C23H26O6/c1-5-6-7-8-17(25)19-15-12-14(13-9-10-16(24)18(11-13)29-4)22(2,20(19)26)21(27)23(15,3)28/h5-11,14-15,24-25,28H,12H2,1-4H3/b6-5-,8-7+,19-17+/t14-,15-,22+,23-/m0/s1. The molecule has 4 rings (SSSR count). The quantitative estimate of drug-likeness (QED) is 0.311. The third-order valence-corrected chi connectivity index (χ3v) is 6.28. The summed E-state index contributed by atoms with van der Waals surface area (Å²) in [6.07, 6.45) is 6.78. The highest BCUT2D eigenvalue weighted by atomic mass is 16.5. The second-order valence-corrected chi connectivity index (χ2v) is 7.96. The number of aliphatic hydroxyl groups is 2. The summed E-state index contributed by atoms with van der Waals surface area (Å²) in [5, 5.41) is 31.4. The minimum absolute atomic E-state index is 0.0423. The molecule has 0 amide bonds. The van der Waals surface area contributed by atoms with Crippen LogP contribution in [-0.2, 0) is 9.59 Å². The normalized spacial score (nSPS) is 33.7. The van der Waals surface area contributed by atoms with Gasteiger partial charge in [-0.15, -0.1) is 0 Å². The third kappa shape index (κ3) is 2.99. The van der Waals surface area contributed by atoms with Crippen LogP contribution in [0.25, 0.3) is 0 Å². The Balaban J connectivity index is 2.16. The number of carbonyl (C=O) groups is 2. The lowest BCUT2D eigenvalue weighted by Crippen LogP contribution is -2.66. The molecule has 29 heavy (non-hydrogen) atoms. The highest BCUT2D eigenvalue weighted by Crippen LogP contribution is 2.60. The molecule has 3 saturated carbocycles. The van der Waals surface area contributed by atoms with E-state index in [9.17, 15) is 24.9 Å². The van der Waals surface area contributed by atoms with Gasteiger partial charge in [0.05, 0.1) is 12.5 Å². The van der Waals surface area contributed by atoms with Crippen molar-refractivity contribution in [1.29, 1.82) is 0 Å². The van der Waals surface area contributed by atoms with Gasteiger partial charge < -0.3 is 20.1 Å². The lowest BCUT2D eigenvalue weighted by molar-refractivity contribution is -0.170. The van der Waals surface area contributed by atoms with Crippen molar-refractivity contribution in [2.75, 3.05) is 7.11 Å².